The fraction of sp³-hybridized carbons (Fsp3) is 0.188. The highest BCUT2D eigenvalue weighted by Crippen LogP contribution is 2.27. The van der Waals surface area contributed by atoms with E-state index in [4.69, 9.17) is 4.74 Å². The molecule has 2 rings (SSSR count). The van der Waals surface area contributed by atoms with Crippen molar-refractivity contribution in [1.29, 1.82) is 0 Å². The molecule has 0 amide bonds. The van der Waals surface area contributed by atoms with Crippen molar-refractivity contribution in [1.82, 2.24) is 0 Å². The Morgan fingerprint density at radius 3 is 2.61 bits per heavy atom. The van der Waals surface area contributed by atoms with Crippen LogP contribution in [-0.4, -0.2) is 5.97 Å². The zero-order chi connectivity index (χ0) is 13.1. The van der Waals surface area contributed by atoms with Gasteiger partial charge in [0.1, 0.15) is 5.75 Å². The van der Waals surface area contributed by atoms with Crippen LogP contribution in [0.3, 0.4) is 0 Å². The predicted molar refractivity (Wildman–Crippen MR) is 71.5 cm³/mol. The van der Waals surface area contributed by atoms with Crippen LogP contribution in [-0.2, 0) is 4.79 Å². The van der Waals surface area contributed by atoms with Crippen LogP contribution < -0.4 is 4.74 Å². The lowest BCUT2D eigenvalue weighted by Gasteiger charge is -2.08. The SMILES string of the molecule is CC(=O)Oc1cccc(-c2ccc(C)[c]c2C)c1. The van der Waals surface area contributed by atoms with E-state index in [1.807, 2.05) is 38.1 Å². The Morgan fingerprint density at radius 1 is 1.17 bits per heavy atom. The van der Waals surface area contributed by atoms with E-state index >= 15 is 0 Å². The minimum Gasteiger partial charge on any atom is -0.427 e. The summed E-state index contributed by atoms with van der Waals surface area (Å²) in [4.78, 5) is 10.9. The topological polar surface area (TPSA) is 26.3 Å². The third-order valence-corrected chi connectivity index (χ3v) is 2.70. The summed E-state index contributed by atoms with van der Waals surface area (Å²) in [6, 6.07) is 14.9. The lowest BCUT2D eigenvalue weighted by molar-refractivity contribution is -0.131. The number of rotatable bonds is 2. The third-order valence-electron chi connectivity index (χ3n) is 2.70. The molecule has 0 heterocycles. The van der Waals surface area contributed by atoms with Gasteiger partial charge in [0.15, 0.2) is 0 Å². The number of carbonyl (C=O) groups is 1. The second-order valence-electron chi connectivity index (χ2n) is 4.30. The van der Waals surface area contributed by atoms with E-state index in [1.165, 1.54) is 6.92 Å². The maximum absolute atomic E-state index is 10.9. The van der Waals surface area contributed by atoms with Crippen LogP contribution in [0.15, 0.2) is 36.4 Å². The molecule has 0 unspecified atom stereocenters. The molecular weight excluding hydrogens is 224 g/mol. The molecule has 0 N–H and O–H groups in total. The second kappa shape index (κ2) is 5.05. The highest BCUT2D eigenvalue weighted by Gasteiger charge is 2.05. The minimum absolute atomic E-state index is 0.306. The molecule has 2 nitrogen and oxygen atoms in total. The van der Waals surface area contributed by atoms with Gasteiger partial charge in [0.05, 0.1) is 0 Å². The van der Waals surface area contributed by atoms with Crippen molar-refractivity contribution in [3.05, 3.63) is 53.6 Å². The van der Waals surface area contributed by atoms with Crippen molar-refractivity contribution in [2.45, 2.75) is 20.8 Å². The van der Waals surface area contributed by atoms with Gasteiger partial charge in [-0.25, -0.2) is 0 Å². The molecule has 0 saturated heterocycles. The zero-order valence-corrected chi connectivity index (χ0v) is 10.8. The van der Waals surface area contributed by atoms with Crippen LogP contribution in [0.1, 0.15) is 18.1 Å². The van der Waals surface area contributed by atoms with Crippen molar-refractivity contribution in [3.63, 3.8) is 0 Å². The normalized spacial score (nSPS) is 10.2. The highest BCUT2D eigenvalue weighted by molar-refractivity contribution is 5.72. The number of esters is 1. The van der Waals surface area contributed by atoms with Crippen molar-refractivity contribution >= 4 is 5.97 Å². The molecule has 0 aliphatic carbocycles. The second-order valence-corrected chi connectivity index (χ2v) is 4.30. The number of carbonyl (C=O) groups excluding carboxylic acids is 1. The number of hydrogen-bond donors (Lipinski definition) is 0. The summed E-state index contributed by atoms with van der Waals surface area (Å²) in [7, 11) is 0. The lowest BCUT2D eigenvalue weighted by atomic mass is 9.99. The first-order chi connectivity index (χ1) is 8.56. The number of ether oxygens (including phenoxy) is 1. The van der Waals surface area contributed by atoms with E-state index < -0.39 is 0 Å². The summed E-state index contributed by atoms with van der Waals surface area (Å²) in [6.07, 6.45) is 0. The van der Waals surface area contributed by atoms with E-state index in [-0.39, 0.29) is 5.97 Å². The summed E-state index contributed by atoms with van der Waals surface area (Å²) >= 11 is 0. The van der Waals surface area contributed by atoms with Crippen LogP contribution in [0, 0.1) is 19.9 Å². The first-order valence-electron chi connectivity index (χ1n) is 5.84. The fourth-order valence-electron chi connectivity index (χ4n) is 1.94. The zero-order valence-electron chi connectivity index (χ0n) is 10.8. The maximum atomic E-state index is 10.9. The van der Waals surface area contributed by atoms with Crippen LogP contribution in [0.5, 0.6) is 5.75 Å². The first-order valence-corrected chi connectivity index (χ1v) is 5.84. The Bertz CT molecular complexity index is 585. The molecule has 2 aromatic rings. The summed E-state index contributed by atoms with van der Waals surface area (Å²) in [5.41, 5.74) is 4.35. The molecule has 0 bridgehead atoms. The van der Waals surface area contributed by atoms with Crippen molar-refractivity contribution in [3.8, 4) is 16.9 Å². The molecule has 2 aromatic carbocycles. The smallest absolute Gasteiger partial charge is 0.308 e. The van der Waals surface area contributed by atoms with Gasteiger partial charge in [0, 0.05) is 6.92 Å². The van der Waals surface area contributed by atoms with E-state index in [1.54, 1.807) is 6.07 Å². The Morgan fingerprint density at radius 2 is 1.94 bits per heavy atom. The number of benzene rings is 2. The summed E-state index contributed by atoms with van der Waals surface area (Å²) in [5.74, 6) is 0.263. The monoisotopic (exact) mass is 239 g/mol. The Balaban J connectivity index is 2.41. The van der Waals surface area contributed by atoms with Crippen molar-refractivity contribution in [2.24, 2.45) is 0 Å². The molecule has 18 heavy (non-hydrogen) atoms. The number of hydrogen-bond acceptors (Lipinski definition) is 2. The van der Waals surface area contributed by atoms with E-state index in [9.17, 15) is 4.79 Å². The highest BCUT2D eigenvalue weighted by atomic mass is 16.5. The molecule has 0 atom stereocenters. The Labute approximate surface area is 107 Å². The van der Waals surface area contributed by atoms with Gasteiger partial charge in [0.2, 0.25) is 0 Å². The van der Waals surface area contributed by atoms with Gasteiger partial charge in [-0.05, 0) is 54.3 Å². The molecule has 0 aromatic heterocycles. The molecule has 0 spiro atoms. The lowest BCUT2D eigenvalue weighted by Crippen LogP contribution is -2.01. The predicted octanol–water partition coefficient (Wildman–Crippen LogP) is 3.70. The molecule has 0 aliphatic heterocycles. The summed E-state index contributed by atoms with van der Waals surface area (Å²) in [6.45, 7) is 5.45. The van der Waals surface area contributed by atoms with E-state index in [0.29, 0.717) is 5.75 Å². The average molecular weight is 239 g/mol. The van der Waals surface area contributed by atoms with Crippen molar-refractivity contribution < 1.29 is 9.53 Å². The molecule has 1 radical (unpaired) electrons. The largest absolute Gasteiger partial charge is 0.427 e. The fourth-order valence-corrected chi connectivity index (χ4v) is 1.94. The summed E-state index contributed by atoms with van der Waals surface area (Å²) < 4.78 is 5.09. The molecule has 0 fully saturated rings. The average Bonchev–Trinajstić information content (AvgIpc) is 2.28. The molecule has 0 saturated carbocycles. The molecule has 0 aliphatic rings. The first kappa shape index (κ1) is 12.4. The van der Waals surface area contributed by atoms with Crippen LogP contribution in [0.25, 0.3) is 11.1 Å². The minimum atomic E-state index is -0.306. The van der Waals surface area contributed by atoms with Gasteiger partial charge in [-0.1, -0.05) is 24.3 Å². The summed E-state index contributed by atoms with van der Waals surface area (Å²) in [5, 5.41) is 0. The van der Waals surface area contributed by atoms with Gasteiger partial charge >= 0.3 is 5.97 Å². The van der Waals surface area contributed by atoms with Gasteiger partial charge in [-0.15, -0.1) is 0 Å². The molecule has 2 heteroatoms. The van der Waals surface area contributed by atoms with Gasteiger partial charge < -0.3 is 4.74 Å². The standard InChI is InChI=1S/C16H15O2/c1-11-7-8-16(12(2)9-11)14-5-4-6-15(10-14)18-13(3)17/h4-8,10H,1-3H3. The Kier molecular flexibility index (Phi) is 3.47. The van der Waals surface area contributed by atoms with Crippen LogP contribution in [0.4, 0.5) is 0 Å². The van der Waals surface area contributed by atoms with E-state index in [2.05, 4.69) is 12.1 Å². The maximum Gasteiger partial charge on any atom is 0.308 e. The van der Waals surface area contributed by atoms with Gasteiger partial charge in [-0.2, -0.15) is 0 Å². The quantitative estimate of drug-likeness (QED) is 0.590. The molecular formula is C16H15O2. The number of aryl methyl sites for hydroxylation is 2. The van der Waals surface area contributed by atoms with E-state index in [0.717, 1.165) is 22.3 Å². The molecule has 91 valence electrons. The van der Waals surface area contributed by atoms with Crippen LogP contribution >= 0.6 is 0 Å². The van der Waals surface area contributed by atoms with Gasteiger partial charge in [0.25, 0.3) is 0 Å². The van der Waals surface area contributed by atoms with Crippen LogP contribution in [0.2, 0.25) is 0 Å². The third kappa shape index (κ3) is 2.77. The van der Waals surface area contributed by atoms with Crippen molar-refractivity contribution in [2.75, 3.05) is 0 Å². The Hall–Kier alpha value is -2.09. The van der Waals surface area contributed by atoms with Gasteiger partial charge in [-0.3, -0.25) is 4.79 Å².